The van der Waals surface area contributed by atoms with E-state index in [-0.39, 0.29) is 5.91 Å². The molecule has 0 bridgehead atoms. The lowest BCUT2D eigenvalue weighted by Crippen LogP contribution is -2.38. The van der Waals surface area contributed by atoms with Crippen molar-refractivity contribution in [3.63, 3.8) is 0 Å². The van der Waals surface area contributed by atoms with Gasteiger partial charge in [-0.15, -0.1) is 10.2 Å². The van der Waals surface area contributed by atoms with E-state index in [1.807, 2.05) is 34.6 Å². The molecular weight excluding hydrogens is 308 g/mol. The Morgan fingerprint density at radius 2 is 2.21 bits per heavy atom. The highest BCUT2D eigenvalue weighted by Crippen LogP contribution is 2.19. The van der Waals surface area contributed by atoms with Gasteiger partial charge in [0.1, 0.15) is 6.33 Å². The van der Waals surface area contributed by atoms with Crippen LogP contribution in [0.15, 0.2) is 29.0 Å². The number of hydrogen-bond donors (Lipinski definition) is 0. The van der Waals surface area contributed by atoms with Gasteiger partial charge in [-0.2, -0.15) is 0 Å². The summed E-state index contributed by atoms with van der Waals surface area (Å²) in [6.07, 6.45) is 1.71. The second kappa shape index (κ2) is 4.77. The van der Waals surface area contributed by atoms with E-state index < -0.39 is 0 Å². The summed E-state index contributed by atoms with van der Waals surface area (Å²) < 4.78 is 3.00. The molecule has 0 radical (unpaired) electrons. The van der Waals surface area contributed by atoms with Crippen molar-refractivity contribution in [1.82, 2.24) is 19.7 Å². The molecule has 0 atom stereocenters. The zero-order chi connectivity index (χ0) is 13.4. The SMILES string of the molecule is Cc1cc(C(=O)N2CCn3cnnc3C2)ccc1Br. The third kappa shape index (κ3) is 2.28. The molecule has 1 aromatic carbocycles. The van der Waals surface area contributed by atoms with E-state index >= 15 is 0 Å². The van der Waals surface area contributed by atoms with Crippen molar-refractivity contribution in [3.8, 4) is 0 Å². The predicted molar refractivity (Wildman–Crippen MR) is 73.6 cm³/mol. The topological polar surface area (TPSA) is 51.0 Å². The van der Waals surface area contributed by atoms with Crippen LogP contribution >= 0.6 is 15.9 Å². The Hall–Kier alpha value is -1.69. The van der Waals surface area contributed by atoms with Crippen LogP contribution in [0, 0.1) is 6.92 Å². The summed E-state index contributed by atoms with van der Waals surface area (Å²) >= 11 is 3.44. The molecule has 0 N–H and O–H groups in total. The molecule has 2 aromatic rings. The summed E-state index contributed by atoms with van der Waals surface area (Å²) in [6, 6.07) is 5.67. The van der Waals surface area contributed by atoms with Gasteiger partial charge in [0.25, 0.3) is 5.91 Å². The highest BCUT2D eigenvalue weighted by molar-refractivity contribution is 9.10. The van der Waals surface area contributed by atoms with E-state index in [4.69, 9.17) is 0 Å². The lowest BCUT2D eigenvalue weighted by atomic mass is 10.1. The molecule has 6 heteroatoms. The molecule has 3 rings (SSSR count). The predicted octanol–water partition coefficient (Wildman–Crippen LogP) is 2.01. The molecule has 1 aliphatic heterocycles. The second-order valence-electron chi connectivity index (χ2n) is 4.63. The number of aromatic nitrogens is 3. The minimum Gasteiger partial charge on any atom is -0.329 e. The lowest BCUT2D eigenvalue weighted by molar-refractivity contribution is 0.0707. The summed E-state index contributed by atoms with van der Waals surface area (Å²) in [6.45, 7) is 3.95. The van der Waals surface area contributed by atoms with Gasteiger partial charge >= 0.3 is 0 Å². The van der Waals surface area contributed by atoms with Crippen LogP contribution in [0.2, 0.25) is 0 Å². The van der Waals surface area contributed by atoms with Crippen LogP contribution in [0.1, 0.15) is 21.7 Å². The quantitative estimate of drug-likeness (QED) is 0.807. The van der Waals surface area contributed by atoms with E-state index in [1.54, 1.807) is 6.33 Å². The monoisotopic (exact) mass is 320 g/mol. The number of hydrogen-bond acceptors (Lipinski definition) is 3. The van der Waals surface area contributed by atoms with Crippen molar-refractivity contribution in [2.24, 2.45) is 0 Å². The number of rotatable bonds is 1. The van der Waals surface area contributed by atoms with Crippen molar-refractivity contribution in [1.29, 1.82) is 0 Å². The van der Waals surface area contributed by atoms with Gasteiger partial charge in [0.05, 0.1) is 6.54 Å². The first-order chi connectivity index (χ1) is 9.15. The number of aryl methyl sites for hydroxylation is 1. The van der Waals surface area contributed by atoms with E-state index in [0.29, 0.717) is 18.7 Å². The molecule has 0 spiro atoms. The second-order valence-corrected chi connectivity index (χ2v) is 5.49. The van der Waals surface area contributed by atoms with E-state index in [2.05, 4.69) is 26.1 Å². The Labute approximate surface area is 119 Å². The number of nitrogens with zero attached hydrogens (tertiary/aromatic N) is 4. The van der Waals surface area contributed by atoms with Crippen molar-refractivity contribution in [3.05, 3.63) is 46.0 Å². The Morgan fingerprint density at radius 1 is 1.37 bits per heavy atom. The van der Waals surface area contributed by atoms with Crippen molar-refractivity contribution in [2.75, 3.05) is 6.54 Å². The normalized spacial score (nSPS) is 14.3. The number of benzene rings is 1. The fourth-order valence-electron chi connectivity index (χ4n) is 2.20. The Bertz CT molecular complexity index is 637. The van der Waals surface area contributed by atoms with Crippen molar-refractivity contribution in [2.45, 2.75) is 20.0 Å². The Balaban J connectivity index is 1.83. The van der Waals surface area contributed by atoms with Gasteiger partial charge in [-0.3, -0.25) is 4.79 Å². The van der Waals surface area contributed by atoms with Crippen LogP contribution in [-0.2, 0) is 13.1 Å². The first kappa shape index (κ1) is 12.3. The third-order valence-electron chi connectivity index (χ3n) is 3.33. The molecule has 0 unspecified atom stereocenters. The van der Waals surface area contributed by atoms with Gasteiger partial charge < -0.3 is 9.47 Å². The smallest absolute Gasteiger partial charge is 0.254 e. The number of carbonyl (C=O) groups excluding carboxylic acids is 1. The maximum Gasteiger partial charge on any atom is 0.254 e. The molecule has 0 aliphatic carbocycles. The summed E-state index contributed by atoms with van der Waals surface area (Å²) in [5.41, 5.74) is 1.78. The largest absolute Gasteiger partial charge is 0.329 e. The van der Waals surface area contributed by atoms with Crippen molar-refractivity contribution >= 4 is 21.8 Å². The average molecular weight is 321 g/mol. The van der Waals surface area contributed by atoms with Crippen LogP contribution in [0.25, 0.3) is 0 Å². The van der Waals surface area contributed by atoms with Gasteiger partial charge in [0.15, 0.2) is 5.82 Å². The number of halogens is 1. The highest BCUT2D eigenvalue weighted by Gasteiger charge is 2.22. The van der Waals surface area contributed by atoms with Crippen LogP contribution in [0.5, 0.6) is 0 Å². The van der Waals surface area contributed by atoms with Crippen molar-refractivity contribution < 1.29 is 4.79 Å². The zero-order valence-corrected chi connectivity index (χ0v) is 12.1. The van der Waals surface area contributed by atoms with Crippen LogP contribution in [-0.4, -0.2) is 32.1 Å². The summed E-state index contributed by atoms with van der Waals surface area (Å²) in [7, 11) is 0. The average Bonchev–Trinajstić information content (AvgIpc) is 2.88. The van der Waals surface area contributed by atoms with Gasteiger partial charge in [-0.1, -0.05) is 15.9 Å². The molecule has 0 fully saturated rings. The van der Waals surface area contributed by atoms with E-state index in [0.717, 1.165) is 22.4 Å². The Morgan fingerprint density at radius 3 is 3.00 bits per heavy atom. The molecule has 1 amide bonds. The van der Waals surface area contributed by atoms with Gasteiger partial charge in [0.2, 0.25) is 0 Å². The first-order valence-electron chi connectivity index (χ1n) is 6.07. The van der Waals surface area contributed by atoms with Gasteiger partial charge in [-0.05, 0) is 30.7 Å². The third-order valence-corrected chi connectivity index (χ3v) is 4.22. The molecule has 2 heterocycles. The molecule has 1 aliphatic rings. The number of fused-ring (bicyclic) bond motifs is 1. The fourth-order valence-corrected chi connectivity index (χ4v) is 2.45. The standard InChI is InChI=1S/C13H13BrN4O/c1-9-6-10(2-3-11(9)14)13(19)17-4-5-18-8-15-16-12(18)7-17/h2-3,6,8H,4-5,7H2,1H3. The molecule has 19 heavy (non-hydrogen) atoms. The highest BCUT2D eigenvalue weighted by atomic mass is 79.9. The Kier molecular flexibility index (Phi) is 3.10. The van der Waals surface area contributed by atoms with Crippen LogP contribution < -0.4 is 0 Å². The molecule has 0 saturated heterocycles. The molecule has 5 nitrogen and oxygen atoms in total. The zero-order valence-electron chi connectivity index (χ0n) is 10.5. The van der Waals surface area contributed by atoms with Gasteiger partial charge in [0, 0.05) is 23.1 Å². The molecule has 1 aromatic heterocycles. The first-order valence-corrected chi connectivity index (χ1v) is 6.86. The van der Waals surface area contributed by atoms with Crippen LogP contribution in [0.3, 0.4) is 0 Å². The summed E-state index contributed by atoms with van der Waals surface area (Å²) in [5.74, 6) is 0.887. The molecule has 0 saturated carbocycles. The molecular formula is C13H13BrN4O. The molecule has 98 valence electrons. The van der Waals surface area contributed by atoms with Gasteiger partial charge in [-0.25, -0.2) is 0 Å². The fraction of sp³-hybridized carbons (Fsp3) is 0.308. The number of carbonyl (C=O) groups is 1. The lowest BCUT2D eigenvalue weighted by Gasteiger charge is -2.27. The number of amides is 1. The minimum atomic E-state index is 0.0462. The van der Waals surface area contributed by atoms with E-state index in [1.165, 1.54) is 0 Å². The van der Waals surface area contributed by atoms with Crippen LogP contribution in [0.4, 0.5) is 0 Å². The summed E-state index contributed by atoms with van der Waals surface area (Å²) in [5, 5.41) is 7.89. The maximum atomic E-state index is 12.4. The maximum absolute atomic E-state index is 12.4. The summed E-state index contributed by atoms with van der Waals surface area (Å²) in [4.78, 5) is 14.3. The van der Waals surface area contributed by atoms with E-state index in [9.17, 15) is 4.79 Å². The minimum absolute atomic E-state index is 0.0462.